The molecule has 0 radical (unpaired) electrons. The number of benzene rings is 2. The van der Waals surface area contributed by atoms with Crippen LogP contribution in [0.3, 0.4) is 0 Å². The van der Waals surface area contributed by atoms with Crippen molar-refractivity contribution < 1.29 is 13.9 Å². The summed E-state index contributed by atoms with van der Waals surface area (Å²) < 4.78 is 12.3. The number of likely N-dealkylation sites (tertiary alicyclic amines) is 1. The van der Waals surface area contributed by atoms with E-state index in [-0.39, 0.29) is 5.91 Å². The third-order valence-electron chi connectivity index (χ3n) is 5.64. The van der Waals surface area contributed by atoms with Gasteiger partial charge in [0.2, 0.25) is 5.91 Å². The van der Waals surface area contributed by atoms with Gasteiger partial charge in [0.25, 0.3) is 3.90 Å². The molecule has 0 unspecified atom stereocenters. The Bertz CT molecular complexity index is 1320. The maximum Gasteiger partial charge on any atom is 0.257 e. The van der Waals surface area contributed by atoms with Crippen LogP contribution in [0.5, 0.6) is 11.5 Å². The Balaban J connectivity index is 1.42. The van der Waals surface area contributed by atoms with Gasteiger partial charge in [-0.3, -0.25) is 4.79 Å². The zero-order valence-electron chi connectivity index (χ0n) is 18.8. The van der Waals surface area contributed by atoms with E-state index in [9.17, 15) is 4.79 Å². The highest BCUT2D eigenvalue weighted by atomic mass is 127. The van der Waals surface area contributed by atoms with Crippen molar-refractivity contribution in [3.8, 4) is 33.3 Å². The highest BCUT2D eigenvalue weighted by Gasteiger charge is 2.22. The van der Waals surface area contributed by atoms with Crippen molar-refractivity contribution >= 4 is 39.8 Å². The van der Waals surface area contributed by atoms with Gasteiger partial charge in [0.15, 0.2) is 0 Å². The summed E-state index contributed by atoms with van der Waals surface area (Å²) in [5.41, 5.74) is 3.59. The minimum absolute atomic E-state index is 0.184. The van der Waals surface area contributed by atoms with Crippen LogP contribution in [-0.2, 0) is 11.3 Å². The van der Waals surface area contributed by atoms with Crippen LogP contribution in [0.4, 0.5) is 0 Å². The average molecular weight is 586 g/mol. The summed E-state index contributed by atoms with van der Waals surface area (Å²) in [5, 5.41) is 10.5. The van der Waals surface area contributed by atoms with Crippen LogP contribution < -0.4 is 4.74 Å². The zero-order chi connectivity index (χ0) is 23.7. The van der Waals surface area contributed by atoms with Gasteiger partial charge in [-0.25, -0.2) is 4.98 Å². The molecule has 0 spiro atoms. The number of carbonyl (C=O) groups excluding carboxylic acids is 1. The predicted molar refractivity (Wildman–Crippen MR) is 139 cm³/mol. The van der Waals surface area contributed by atoms with E-state index in [0.29, 0.717) is 34.3 Å². The molecule has 0 aliphatic carbocycles. The fourth-order valence-corrected chi connectivity index (χ4v) is 5.02. The van der Waals surface area contributed by atoms with Gasteiger partial charge < -0.3 is 14.1 Å². The molecule has 1 saturated heterocycles. The van der Waals surface area contributed by atoms with Gasteiger partial charge in [-0.05, 0) is 36.8 Å². The Morgan fingerprint density at radius 3 is 2.59 bits per heavy atom. The summed E-state index contributed by atoms with van der Waals surface area (Å²) in [5.74, 6) is 1.94. The smallest absolute Gasteiger partial charge is 0.257 e. The van der Waals surface area contributed by atoms with Crippen LogP contribution in [0.2, 0.25) is 0 Å². The first kappa shape index (κ1) is 23.0. The first-order valence-corrected chi connectivity index (χ1v) is 13.0. The van der Waals surface area contributed by atoms with Crippen molar-refractivity contribution in [1.29, 1.82) is 0 Å². The van der Waals surface area contributed by atoms with Gasteiger partial charge in [-0.2, -0.15) is 0 Å². The van der Waals surface area contributed by atoms with Crippen molar-refractivity contribution in [3.63, 3.8) is 0 Å². The van der Waals surface area contributed by atoms with Crippen LogP contribution in [0.15, 0.2) is 53.1 Å². The van der Waals surface area contributed by atoms with E-state index in [4.69, 9.17) is 9.15 Å². The van der Waals surface area contributed by atoms with Crippen molar-refractivity contribution in [1.82, 2.24) is 20.1 Å². The lowest BCUT2D eigenvalue weighted by Gasteiger charge is -2.19. The number of halogens is 1. The lowest BCUT2D eigenvalue weighted by atomic mass is 10.1. The van der Waals surface area contributed by atoms with Gasteiger partial charge in [-0.1, -0.05) is 37.3 Å². The minimum Gasteiger partial charge on any atom is -0.457 e. The highest BCUT2D eigenvalue weighted by molar-refractivity contribution is 14.1. The molecule has 1 aliphatic rings. The van der Waals surface area contributed by atoms with Crippen molar-refractivity contribution in [2.45, 2.75) is 39.2 Å². The van der Waals surface area contributed by atoms with Crippen molar-refractivity contribution in [3.05, 3.63) is 63.2 Å². The van der Waals surface area contributed by atoms with E-state index in [1.54, 1.807) is 17.6 Å². The number of hydrogen-bond donors (Lipinski definition) is 0. The molecule has 2 aromatic carbocycles. The molecule has 174 valence electrons. The second-order valence-electron chi connectivity index (χ2n) is 8.45. The summed E-state index contributed by atoms with van der Waals surface area (Å²) in [6.07, 6.45) is 3.14. The molecule has 1 fully saturated rings. The Labute approximate surface area is 215 Å². The van der Waals surface area contributed by atoms with Crippen LogP contribution in [-0.4, -0.2) is 32.5 Å². The highest BCUT2D eigenvalue weighted by Crippen LogP contribution is 2.34. The lowest BCUT2D eigenvalue weighted by molar-refractivity contribution is -0.128. The SMILES string of the molecule is CC(C)c1nnc(-c2ccc(Oc3cc(-c4coc(I)n4)ccc3CN3CCCC3=O)cc2)s1. The number of rotatable bonds is 7. The number of hydrogen-bond acceptors (Lipinski definition) is 7. The molecule has 34 heavy (non-hydrogen) atoms. The molecule has 0 saturated carbocycles. The van der Waals surface area contributed by atoms with Crippen LogP contribution in [0.1, 0.15) is 43.2 Å². The topological polar surface area (TPSA) is 81.3 Å². The molecular weight excluding hydrogens is 563 g/mol. The molecule has 0 N–H and O–H groups in total. The lowest BCUT2D eigenvalue weighted by Crippen LogP contribution is -2.24. The third kappa shape index (κ3) is 5.00. The molecule has 3 heterocycles. The average Bonchev–Trinajstić information content (AvgIpc) is 3.57. The molecule has 0 atom stereocenters. The van der Waals surface area contributed by atoms with Gasteiger partial charge in [0, 0.05) is 64.7 Å². The summed E-state index contributed by atoms with van der Waals surface area (Å²) in [6, 6.07) is 13.8. The molecule has 9 heteroatoms. The maximum atomic E-state index is 12.2. The van der Waals surface area contributed by atoms with E-state index in [1.807, 2.05) is 70.0 Å². The van der Waals surface area contributed by atoms with E-state index in [1.165, 1.54) is 0 Å². The number of nitrogens with zero attached hydrogens (tertiary/aromatic N) is 4. The number of oxazole rings is 1. The standard InChI is InChI=1S/C25H23IN4O3S/c1-15(2)23-28-29-24(34-23)16-7-9-19(10-8-16)33-21-12-17(20-14-32-25(26)27-20)5-6-18(21)13-30-11-3-4-22(30)31/h5-10,12,14-15H,3-4,11,13H2,1-2H3. The molecule has 4 aromatic rings. The molecule has 7 nitrogen and oxygen atoms in total. The first-order valence-electron chi connectivity index (χ1n) is 11.1. The van der Waals surface area contributed by atoms with Gasteiger partial charge in [0.05, 0.1) is 0 Å². The van der Waals surface area contributed by atoms with E-state index in [2.05, 4.69) is 29.0 Å². The second-order valence-corrected chi connectivity index (χ2v) is 10.4. The Morgan fingerprint density at radius 1 is 1.15 bits per heavy atom. The maximum absolute atomic E-state index is 12.2. The monoisotopic (exact) mass is 586 g/mol. The fourth-order valence-electron chi connectivity index (χ4n) is 3.78. The van der Waals surface area contributed by atoms with Gasteiger partial charge in [-0.15, -0.1) is 10.2 Å². The van der Waals surface area contributed by atoms with Gasteiger partial charge >= 0.3 is 0 Å². The van der Waals surface area contributed by atoms with Crippen molar-refractivity contribution in [2.75, 3.05) is 6.54 Å². The number of amides is 1. The normalized spacial score (nSPS) is 13.8. The van der Waals surface area contributed by atoms with E-state index in [0.717, 1.165) is 45.4 Å². The summed E-state index contributed by atoms with van der Waals surface area (Å²) in [4.78, 5) is 18.5. The largest absolute Gasteiger partial charge is 0.457 e. The molecule has 5 rings (SSSR count). The van der Waals surface area contributed by atoms with Crippen LogP contribution in [0, 0.1) is 3.90 Å². The summed E-state index contributed by atoms with van der Waals surface area (Å²) in [7, 11) is 0. The molecular formula is C25H23IN4O3S. The van der Waals surface area contributed by atoms with Crippen LogP contribution in [0.25, 0.3) is 21.8 Å². The zero-order valence-corrected chi connectivity index (χ0v) is 21.8. The molecule has 0 bridgehead atoms. The molecule has 2 aromatic heterocycles. The molecule has 1 aliphatic heterocycles. The van der Waals surface area contributed by atoms with E-state index >= 15 is 0 Å². The summed E-state index contributed by atoms with van der Waals surface area (Å²) in [6.45, 7) is 5.52. The Morgan fingerprint density at radius 2 is 1.94 bits per heavy atom. The fraction of sp³-hybridized carbons (Fsp3) is 0.280. The number of carbonyl (C=O) groups is 1. The third-order valence-corrected chi connectivity index (χ3v) is 7.40. The predicted octanol–water partition coefficient (Wildman–Crippen LogP) is 6.50. The van der Waals surface area contributed by atoms with E-state index < -0.39 is 0 Å². The summed E-state index contributed by atoms with van der Waals surface area (Å²) >= 11 is 3.66. The number of ether oxygens (including phenoxy) is 1. The quantitative estimate of drug-likeness (QED) is 0.230. The minimum atomic E-state index is 0.184. The Hall–Kier alpha value is -2.79. The molecule has 1 amide bonds. The first-order chi connectivity index (χ1) is 16.5. The van der Waals surface area contributed by atoms with Crippen molar-refractivity contribution in [2.24, 2.45) is 0 Å². The van der Waals surface area contributed by atoms with Crippen LogP contribution >= 0.6 is 33.9 Å². The Kier molecular flexibility index (Phi) is 6.64. The van der Waals surface area contributed by atoms with Gasteiger partial charge in [0.1, 0.15) is 33.5 Å². The number of aromatic nitrogens is 3. The second kappa shape index (κ2) is 9.83.